The average Bonchev–Trinajstić information content (AvgIpc) is 2.31. The van der Waals surface area contributed by atoms with Gasteiger partial charge in [0, 0.05) is 13.1 Å². The highest BCUT2D eigenvalue weighted by Gasteiger charge is 2.21. The molecule has 0 saturated carbocycles. The maximum atomic E-state index is 11.5. The van der Waals surface area contributed by atoms with E-state index in [1.807, 2.05) is 4.90 Å². The van der Waals surface area contributed by atoms with Crippen molar-refractivity contribution in [3.8, 4) is 0 Å². The standard InChI is InChI=1S/C10H17N5O2/c11-4-1-7-2-5-15(6-3-7)8-9(16)12-10(17)14-13-8/h7H,1-6,11H2,(H2,12,14,16,17). The Morgan fingerprint density at radius 1 is 1.35 bits per heavy atom. The van der Waals surface area contributed by atoms with Gasteiger partial charge in [0.05, 0.1) is 0 Å². The zero-order valence-electron chi connectivity index (χ0n) is 9.61. The summed E-state index contributed by atoms with van der Waals surface area (Å²) in [6.45, 7) is 2.28. The maximum absolute atomic E-state index is 11.5. The molecule has 94 valence electrons. The topological polar surface area (TPSA) is 108 Å². The Labute approximate surface area is 98.0 Å². The third-order valence-corrected chi connectivity index (χ3v) is 3.18. The van der Waals surface area contributed by atoms with Crippen molar-refractivity contribution in [1.82, 2.24) is 15.2 Å². The van der Waals surface area contributed by atoms with Crippen LogP contribution in [0.2, 0.25) is 0 Å². The number of hydrogen-bond acceptors (Lipinski definition) is 5. The molecular formula is C10H17N5O2. The first-order chi connectivity index (χ1) is 8.20. The molecule has 4 N–H and O–H groups in total. The van der Waals surface area contributed by atoms with Crippen LogP contribution in [0.15, 0.2) is 9.59 Å². The van der Waals surface area contributed by atoms with Gasteiger partial charge in [0.1, 0.15) is 0 Å². The molecule has 1 aliphatic rings. The van der Waals surface area contributed by atoms with Crippen LogP contribution in [0.3, 0.4) is 0 Å². The van der Waals surface area contributed by atoms with Crippen LogP contribution in [0.5, 0.6) is 0 Å². The molecule has 1 saturated heterocycles. The van der Waals surface area contributed by atoms with Gasteiger partial charge >= 0.3 is 5.69 Å². The second kappa shape index (κ2) is 5.13. The lowest BCUT2D eigenvalue weighted by Gasteiger charge is -2.31. The van der Waals surface area contributed by atoms with Crippen molar-refractivity contribution in [2.75, 3.05) is 24.5 Å². The fourth-order valence-electron chi connectivity index (χ4n) is 2.22. The van der Waals surface area contributed by atoms with Gasteiger partial charge in [-0.2, -0.15) is 0 Å². The zero-order valence-corrected chi connectivity index (χ0v) is 9.61. The molecule has 0 aliphatic carbocycles. The zero-order chi connectivity index (χ0) is 12.3. The summed E-state index contributed by atoms with van der Waals surface area (Å²) >= 11 is 0. The summed E-state index contributed by atoms with van der Waals surface area (Å²) in [6, 6.07) is 0. The third-order valence-electron chi connectivity index (χ3n) is 3.18. The summed E-state index contributed by atoms with van der Waals surface area (Å²) in [5, 5.41) is 6.04. The van der Waals surface area contributed by atoms with Gasteiger partial charge in [-0.3, -0.25) is 9.78 Å². The molecular weight excluding hydrogens is 222 g/mol. The van der Waals surface area contributed by atoms with Gasteiger partial charge in [0.25, 0.3) is 5.56 Å². The van der Waals surface area contributed by atoms with Crippen LogP contribution in [-0.4, -0.2) is 34.8 Å². The molecule has 1 aromatic rings. The van der Waals surface area contributed by atoms with Crippen molar-refractivity contribution >= 4 is 5.82 Å². The van der Waals surface area contributed by atoms with Gasteiger partial charge in [0.2, 0.25) is 5.82 Å². The minimum Gasteiger partial charge on any atom is -0.351 e. The highest BCUT2D eigenvalue weighted by atomic mass is 16.2. The molecule has 0 bridgehead atoms. The van der Waals surface area contributed by atoms with Gasteiger partial charge in [-0.15, -0.1) is 5.10 Å². The van der Waals surface area contributed by atoms with E-state index in [-0.39, 0.29) is 0 Å². The molecule has 0 spiro atoms. The normalized spacial score (nSPS) is 17.4. The Kier molecular flexibility index (Phi) is 3.58. The molecule has 2 heterocycles. The molecule has 0 amide bonds. The molecule has 7 nitrogen and oxygen atoms in total. The van der Waals surface area contributed by atoms with Crippen LogP contribution in [0.25, 0.3) is 0 Å². The van der Waals surface area contributed by atoms with Crippen LogP contribution in [0, 0.1) is 5.92 Å². The highest BCUT2D eigenvalue weighted by molar-refractivity contribution is 5.34. The van der Waals surface area contributed by atoms with E-state index in [9.17, 15) is 9.59 Å². The van der Waals surface area contributed by atoms with Crippen LogP contribution in [-0.2, 0) is 0 Å². The molecule has 0 aromatic carbocycles. The fourth-order valence-corrected chi connectivity index (χ4v) is 2.22. The average molecular weight is 239 g/mol. The summed E-state index contributed by atoms with van der Waals surface area (Å²) in [6.07, 6.45) is 3.05. The first kappa shape index (κ1) is 11.8. The number of aromatic amines is 2. The van der Waals surface area contributed by atoms with E-state index < -0.39 is 11.2 Å². The SMILES string of the molecule is NCCC1CCN(c2n[nH]c(=O)[nH]c2=O)CC1. The molecule has 1 aliphatic heterocycles. The van der Waals surface area contributed by atoms with Crippen LogP contribution >= 0.6 is 0 Å². The number of anilines is 1. The van der Waals surface area contributed by atoms with E-state index in [0.717, 1.165) is 32.4 Å². The second-order valence-electron chi connectivity index (χ2n) is 4.34. The predicted octanol–water partition coefficient (Wildman–Crippen LogP) is -0.977. The van der Waals surface area contributed by atoms with Gasteiger partial charge < -0.3 is 10.6 Å². The Morgan fingerprint density at radius 3 is 2.65 bits per heavy atom. The molecule has 0 unspecified atom stereocenters. The number of piperidine rings is 1. The summed E-state index contributed by atoms with van der Waals surface area (Å²) in [5.41, 5.74) is 4.53. The van der Waals surface area contributed by atoms with E-state index in [1.54, 1.807) is 0 Å². The summed E-state index contributed by atoms with van der Waals surface area (Å²) in [7, 11) is 0. The minimum atomic E-state index is -0.572. The van der Waals surface area contributed by atoms with Gasteiger partial charge in [-0.05, 0) is 31.7 Å². The van der Waals surface area contributed by atoms with Crippen molar-refractivity contribution in [2.45, 2.75) is 19.3 Å². The number of aromatic nitrogens is 3. The maximum Gasteiger partial charge on any atom is 0.342 e. The smallest absolute Gasteiger partial charge is 0.342 e. The first-order valence-electron chi connectivity index (χ1n) is 5.84. The summed E-state index contributed by atoms with van der Waals surface area (Å²) < 4.78 is 0. The minimum absolute atomic E-state index is 0.302. The molecule has 7 heteroatoms. The molecule has 2 rings (SSSR count). The van der Waals surface area contributed by atoms with Gasteiger partial charge in [-0.25, -0.2) is 9.89 Å². The first-order valence-corrected chi connectivity index (χ1v) is 5.84. The van der Waals surface area contributed by atoms with Crippen molar-refractivity contribution in [1.29, 1.82) is 0 Å². The lowest BCUT2D eigenvalue weighted by molar-refractivity contribution is 0.384. The van der Waals surface area contributed by atoms with Crippen LogP contribution in [0.1, 0.15) is 19.3 Å². The van der Waals surface area contributed by atoms with Crippen LogP contribution < -0.4 is 21.9 Å². The van der Waals surface area contributed by atoms with E-state index in [0.29, 0.717) is 18.3 Å². The predicted molar refractivity (Wildman–Crippen MR) is 64.1 cm³/mol. The fraction of sp³-hybridized carbons (Fsp3) is 0.700. The summed E-state index contributed by atoms with van der Waals surface area (Å²) in [4.78, 5) is 26.5. The lowest BCUT2D eigenvalue weighted by atomic mass is 9.94. The van der Waals surface area contributed by atoms with Crippen LogP contribution in [0.4, 0.5) is 5.82 Å². The van der Waals surface area contributed by atoms with Crippen molar-refractivity contribution in [3.05, 3.63) is 20.8 Å². The number of nitrogens with zero attached hydrogens (tertiary/aromatic N) is 2. The summed E-state index contributed by atoms with van der Waals surface area (Å²) in [5.74, 6) is 0.939. The third kappa shape index (κ3) is 2.73. The molecule has 17 heavy (non-hydrogen) atoms. The van der Waals surface area contributed by atoms with E-state index >= 15 is 0 Å². The van der Waals surface area contributed by atoms with E-state index in [2.05, 4.69) is 15.2 Å². The van der Waals surface area contributed by atoms with E-state index in [4.69, 9.17) is 5.73 Å². The molecule has 1 fully saturated rings. The van der Waals surface area contributed by atoms with Crippen molar-refractivity contribution < 1.29 is 0 Å². The van der Waals surface area contributed by atoms with Gasteiger partial charge in [-0.1, -0.05) is 0 Å². The Bertz CT molecular complexity index is 472. The molecule has 0 atom stereocenters. The van der Waals surface area contributed by atoms with Crippen molar-refractivity contribution in [2.24, 2.45) is 11.7 Å². The number of nitrogens with two attached hydrogens (primary N) is 1. The largest absolute Gasteiger partial charge is 0.351 e. The monoisotopic (exact) mass is 239 g/mol. The molecule has 1 aromatic heterocycles. The van der Waals surface area contributed by atoms with E-state index in [1.165, 1.54) is 0 Å². The Balaban J connectivity index is 2.05. The van der Waals surface area contributed by atoms with Crippen molar-refractivity contribution in [3.63, 3.8) is 0 Å². The number of H-pyrrole nitrogens is 2. The highest BCUT2D eigenvalue weighted by Crippen LogP contribution is 2.21. The Morgan fingerprint density at radius 2 is 2.06 bits per heavy atom. The lowest BCUT2D eigenvalue weighted by Crippen LogP contribution is -2.40. The number of rotatable bonds is 3. The second-order valence-corrected chi connectivity index (χ2v) is 4.34. The molecule has 0 radical (unpaired) electrons. The number of nitrogens with one attached hydrogen (secondary N) is 2. The number of hydrogen-bond donors (Lipinski definition) is 3. The van der Waals surface area contributed by atoms with Gasteiger partial charge in [0.15, 0.2) is 0 Å². The Hall–Kier alpha value is -1.63. The quantitative estimate of drug-likeness (QED) is 0.628.